The molecule has 3 nitrogen and oxygen atoms in total. The monoisotopic (exact) mass is 292 g/mol. The van der Waals surface area contributed by atoms with Crippen LogP contribution in [0.25, 0.3) is 0 Å². The van der Waals surface area contributed by atoms with Crippen molar-refractivity contribution in [2.24, 2.45) is 0 Å². The molecule has 4 heteroatoms. The molecule has 1 aliphatic rings. The van der Waals surface area contributed by atoms with Crippen LogP contribution in [0.4, 0.5) is 4.39 Å². The zero-order valence-electron chi connectivity index (χ0n) is 12.9. The molecule has 2 N–H and O–H groups in total. The Hall–Kier alpha value is -1.42. The van der Waals surface area contributed by atoms with E-state index in [4.69, 9.17) is 0 Å². The van der Waals surface area contributed by atoms with Gasteiger partial charge in [-0.2, -0.15) is 0 Å². The fraction of sp³-hybridized carbons (Fsp3) is 0.588. The number of carbonyl (C=O) groups is 1. The predicted octanol–water partition coefficient (Wildman–Crippen LogP) is 3.17. The second-order valence-corrected chi connectivity index (χ2v) is 5.94. The third kappa shape index (κ3) is 4.53. The Bertz CT molecular complexity index is 482. The number of aryl methyl sites for hydroxylation is 1. The number of hydrogen-bond donors (Lipinski definition) is 2. The summed E-state index contributed by atoms with van der Waals surface area (Å²) in [6.45, 7) is 4.92. The number of nitrogens with one attached hydrogen (secondary N) is 2. The van der Waals surface area contributed by atoms with Crippen molar-refractivity contribution < 1.29 is 9.18 Å². The SMILES string of the molecule is CCCNC1CCC(NC(=O)c2ccc(C)c(F)c2)CC1. The lowest BCUT2D eigenvalue weighted by Crippen LogP contribution is -2.42. The van der Waals surface area contributed by atoms with Gasteiger partial charge in [0, 0.05) is 17.6 Å². The molecule has 21 heavy (non-hydrogen) atoms. The highest BCUT2D eigenvalue weighted by Gasteiger charge is 2.22. The standard InChI is InChI=1S/C17H25FN2O/c1-3-10-19-14-6-8-15(9-7-14)20-17(21)13-5-4-12(2)16(18)11-13/h4-5,11,14-15,19H,3,6-10H2,1-2H3,(H,20,21). The molecular formula is C17H25FN2O. The maximum absolute atomic E-state index is 13.5. The highest BCUT2D eigenvalue weighted by atomic mass is 19.1. The van der Waals surface area contributed by atoms with E-state index >= 15 is 0 Å². The van der Waals surface area contributed by atoms with Crippen molar-refractivity contribution in [1.82, 2.24) is 10.6 Å². The van der Waals surface area contributed by atoms with Crippen molar-refractivity contribution in [3.63, 3.8) is 0 Å². The van der Waals surface area contributed by atoms with Gasteiger partial charge in [-0.1, -0.05) is 13.0 Å². The van der Waals surface area contributed by atoms with Gasteiger partial charge in [0.15, 0.2) is 0 Å². The second kappa shape index (κ2) is 7.55. The molecule has 1 amide bonds. The molecule has 0 radical (unpaired) electrons. The largest absolute Gasteiger partial charge is 0.349 e. The number of benzene rings is 1. The first-order valence-electron chi connectivity index (χ1n) is 7.90. The van der Waals surface area contributed by atoms with E-state index in [0.717, 1.165) is 38.6 Å². The lowest BCUT2D eigenvalue weighted by molar-refractivity contribution is 0.0924. The molecule has 1 saturated carbocycles. The summed E-state index contributed by atoms with van der Waals surface area (Å²) in [5.74, 6) is -0.492. The number of rotatable bonds is 5. The van der Waals surface area contributed by atoms with E-state index < -0.39 is 0 Å². The number of halogens is 1. The quantitative estimate of drug-likeness (QED) is 0.875. The van der Waals surface area contributed by atoms with Gasteiger partial charge in [0.2, 0.25) is 0 Å². The van der Waals surface area contributed by atoms with Gasteiger partial charge in [-0.15, -0.1) is 0 Å². The molecule has 1 aliphatic carbocycles. The molecule has 2 rings (SSSR count). The minimum atomic E-state index is -0.324. The highest BCUT2D eigenvalue weighted by molar-refractivity contribution is 5.94. The molecule has 1 aromatic rings. The Balaban J connectivity index is 1.82. The molecule has 0 bridgehead atoms. The third-order valence-electron chi connectivity index (χ3n) is 4.18. The lowest BCUT2D eigenvalue weighted by Gasteiger charge is -2.29. The Morgan fingerprint density at radius 3 is 2.52 bits per heavy atom. The van der Waals surface area contributed by atoms with Crippen LogP contribution in [0.2, 0.25) is 0 Å². The summed E-state index contributed by atoms with van der Waals surface area (Å²) in [6, 6.07) is 5.44. The third-order valence-corrected chi connectivity index (χ3v) is 4.18. The summed E-state index contributed by atoms with van der Waals surface area (Å²) >= 11 is 0. The van der Waals surface area contributed by atoms with Crippen LogP contribution in [0, 0.1) is 12.7 Å². The Morgan fingerprint density at radius 2 is 1.90 bits per heavy atom. The number of hydrogen-bond acceptors (Lipinski definition) is 2. The fourth-order valence-corrected chi connectivity index (χ4v) is 2.79. The average Bonchev–Trinajstić information content (AvgIpc) is 2.49. The van der Waals surface area contributed by atoms with Crippen molar-refractivity contribution in [3.8, 4) is 0 Å². The minimum absolute atomic E-state index is 0.168. The van der Waals surface area contributed by atoms with Crippen LogP contribution in [0.5, 0.6) is 0 Å². The van der Waals surface area contributed by atoms with E-state index in [1.165, 1.54) is 6.07 Å². The molecule has 116 valence electrons. The van der Waals surface area contributed by atoms with E-state index in [1.54, 1.807) is 19.1 Å². The van der Waals surface area contributed by atoms with E-state index in [0.29, 0.717) is 17.2 Å². The Labute approximate surface area is 126 Å². The van der Waals surface area contributed by atoms with Crippen LogP contribution in [0.3, 0.4) is 0 Å². The van der Waals surface area contributed by atoms with Gasteiger partial charge in [-0.25, -0.2) is 4.39 Å². The minimum Gasteiger partial charge on any atom is -0.349 e. The Morgan fingerprint density at radius 1 is 1.24 bits per heavy atom. The van der Waals surface area contributed by atoms with Crippen molar-refractivity contribution in [2.45, 2.75) is 58.0 Å². The van der Waals surface area contributed by atoms with Crippen LogP contribution in [0.1, 0.15) is 54.9 Å². The van der Waals surface area contributed by atoms with Crippen LogP contribution < -0.4 is 10.6 Å². The number of amides is 1. The summed E-state index contributed by atoms with van der Waals surface area (Å²) < 4.78 is 13.5. The van der Waals surface area contributed by atoms with Crippen LogP contribution in [-0.4, -0.2) is 24.5 Å². The zero-order chi connectivity index (χ0) is 15.2. The maximum Gasteiger partial charge on any atom is 0.251 e. The molecule has 0 spiro atoms. The first-order valence-corrected chi connectivity index (χ1v) is 7.90. The van der Waals surface area contributed by atoms with Crippen LogP contribution >= 0.6 is 0 Å². The predicted molar refractivity (Wildman–Crippen MR) is 82.9 cm³/mol. The van der Waals surface area contributed by atoms with Crippen molar-refractivity contribution >= 4 is 5.91 Å². The van der Waals surface area contributed by atoms with Crippen LogP contribution in [0.15, 0.2) is 18.2 Å². The average molecular weight is 292 g/mol. The van der Waals surface area contributed by atoms with Crippen molar-refractivity contribution in [1.29, 1.82) is 0 Å². The summed E-state index contributed by atoms with van der Waals surface area (Å²) in [4.78, 5) is 12.1. The topological polar surface area (TPSA) is 41.1 Å². The molecule has 0 unspecified atom stereocenters. The molecule has 0 aliphatic heterocycles. The molecule has 0 saturated heterocycles. The molecule has 0 atom stereocenters. The van der Waals surface area contributed by atoms with E-state index in [-0.39, 0.29) is 17.8 Å². The molecule has 0 heterocycles. The maximum atomic E-state index is 13.5. The Kier molecular flexibility index (Phi) is 5.74. The molecule has 0 aromatic heterocycles. The normalized spacial score (nSPS) is 22.0. The van der Waals surface area contributed by atoms with Crippen LogP contribution in [-0.2, 0) is 0 Å². The number of carbonyl (C=O) groups excluding carboxylic acids is 1. The van der Waals surface area contributed by atoms with Gasteiger partial charge >= 0.3 is 0 Å². The molecule has 1 fully saturated rings. The van der Waals surface area contributed by atoms with E-state index in [9.17, 15) is 9.18 Å². The lowest BCUT2D eigenvalue weighted by atomic mass is 9.91. The van der Waals surface area contributed by atoms with Gasteiger partial charge in [0.1, 0.15) is 5.82 Å². The van der Waals surface area contributed by atoms with Gasteiger partial charge in [-0.05, 0) is 63.3 Å². The van der Waals surface area contributed by atoms with Gasteiger partial charge in [0.05, 0.1) is 0 Å². The summed E-state index contributed by atoms with van der Waals surface area (Å²) in [6.07, 6.45) is 5.30. The smallest absolute Gasteiger partial charge is 0.251 e. The fourth-order valence-electron chi connectivity index (χ4n) is 2.79. The second-order valence-electron chi connectivity index (χ2n) is 5.94. The van der Waals surface area contributed by atoms with Gasteiger partial charge in [0.25, 0.3) is 5.91 Å². The van der Waals surface area contributed by atoms with Gasteiger partial charge in [-0.3, -0.25) is 4.79 Å². The summed E-state index contributed by atoms with van der Waals surface area (Å²) in [7, 11) is 0. The van der Waals surface area contributed by atoms with Crippen molar-refractivity contribution in [2.75, 3.05) is 6.54 Å². The molecular weight excluding hydrogens is 267 g/mol. The first kappa shape index (κ1) is 16.0. The van der Waals surface area contributed by atoms with E-state index in [1.807, 2.05) is 0 Å². The highest BCUT2D eigenvalue weighted by Crippen LogP contribution is 2.19. The van der Waals surface area contributed by atoms with E-state index in [2.05, 4.69) is 17.6 Å². The van der Waals surface area contributed by atoms with Crippen molar-refractivity contribution in [3.05, 3.63) is 35.1 Å². The first-order chi connectivity index (χ1) is 10.1. The summed E-state index contributed by atoms with van der Waals surface area (Å²) in [5.41, 5.74) is 0.971. The zero-order valence-corrected chi connectivity index (χ0v) is 12.9. The molecule has 1 aromatic carbocycles. The summed E-state index contributed by atoms with van der Waals surface area (Å²) in [5, 5.41) is 6.55. The van der Waals surface area contributed by atoms with Gasteiger partial charge < -0.3 is 10.6 Å².